The third-order valence-electron chi connectivity index (χ3n) is 3.78. The lowest BCUT2D eigenvalue weighted by atomic mass is 10.2. The minimum Gasteiger partial charge on any atom is -0.493 e. The van der Waals surface area contributed by atoms with Crippen molar-refractivity contribution in [2.45, 2.75) is 27.2 Å². The molecular formula is C20H23NO4. The van der Waals surface area contributed by atoms with Crippen molar-refractivity contribution in [2.75, 3.05) is 13.7 Å². The van der Waals surface area contributed by atoms with Crippen LogP contribution in [0, 0.1) is 13.8 Å². The molecule has 0 radical (unpaired) electrons. The first-order chi connectivity index (χ1) is 11.9. The molecule has 0 aliphatic heterocycles. The van der Waals surface area contributed by atoms with Crippen LogP contribution in [0.4, 0.5) is 0 Å². The SMILES string of the molecule is COc1ccc(/C=C/n2c(C)cc(=O)cc2C)cc1OCCC(C)=O. The first-order valence-electron chi connectivity index (χ1n) is 8.09. The fourth-order valence-corrected chi connectivity index (χ4v) is 2.48. The van der Waals surface area contributed by atoms with Gasteiger partial charge in [0.2, 0.25) is 0 Å². The summed E-state index contributed by atoms with van der Waals surface area (Å²) in [6.07, 6.45) is 4.20. The van der Waals surface area contributed by atoms with Crippen LogP contribution in [0.2, 0.25) is 0 Å². The van der Waals surface area contributed by atoms with Gasteiger partial charge in [0.15, 0.2) is 16.9 Å². The average Bonchev–Trinajstić information content (AvgIpc) is 2.53. The van der Waals surface area contributed by atoms with Crippen LogP contribution < -0.4 is 14.9 Å². The lowest BCUT2D eigenvalue weighted by molar-refractivity contribution is -0.117. The van der Waals surface area contributed by atoms with Gasteiger partial charge in [-0.1, -0.05) is 6.07 Å². The molecule has 0 spiro atoms. The van der Waals surface area contributed by atoms with E-state index in [2.05, 4.69) is 0 Å². The van der Waals surface area contributed by atoms with Crippen LogP contribution in [0.1, 0.15) is 30.3 Å². The number of hydrogen-bond donors (Lipinski definition) is 0. The normalized spacial score (nSPS) is 10.9. The summed E-state index contributed by atoms with van der Waals surface area (Å²) in [5.74, 6) is 1.30. The van der Waals surface area contributed by atoms with Gasteiger partial charge in [0.05, 0.1) is 13.7 Å². The summed E-state index contributed by atoms with van der Waals surface area (Å²) in [4.78, 5) is 22.6. The molecule has 2 aromatic rings. The van der Waals surface area contributed by atoms with Gasteiger partial charge in [-0.25, -0.2) is 0 Å². The maximum atomic E-state index is 11.5. The highest BCUT2D eigenvalue weighted by Gasteiger charge is 2.06. The molecule has 25 heavy (non-hydrogen) atoms. The minimum absolute atomic E-state index is 0.00487. The second kappa shape index (κ2) is 8.33. The third kappa shape index (κ3) is 5.08. The molecule has 0 unspecified atom stereocenters. The number of hydrogen-bond acceptors (Lipinski definition) is 4. The van der Waals surface area contributed by atoms with Crippen molar-refractivity contribution in [3.8, 4) is 11.5 Å². The van der Waals surface area contributed by atoms with Gasteiger partial charge in [0.25, 0.3) is 0 Å². The second-order valence-corrected chi connectivity index (χ2v) is 5.87. The third-order valence-corrected chi connectivity index (χ3v) is 3.78. The van der Waals surface area contributed by atoms with Crippen LogP contribution in [0.3, 0.4) is 0 Å². The molecule has 0 bridgehead atoms. The van der Waals surface area contributed by atoms with Gasteiger partial charge in [-0.15, -0.1) is 0 Å². The number of Topliss-reactive ketones (excluding diaryl/α,β-unsaturated/α-hetero) is 1. The van der Waals surface area contributed by atoms with E-state index in [1.807, 2.05) is 48.9 Å². The molecule has 0 saturated heterocycles. The zero-order valence-electron chi connectivity index (χ0n) is 15.0. The molecule has 5 heteroatoms. The lowest BCUT2D eigenvalue weighted by Crippen LogP contribution is -2.08. The molecule has 0 aliphatic carbocycles. The highest BCUT2D eigenvalue weighted by Crippen LogP contribution is 2.28. The number of ether oxygens (including phenoxy) is 2. The number of carbonyl (C=O) groups excluding carboxylic acids is 1. The number of aromatic nitrogens is 1. The Labute approximate surface area is 147 Å². The predicted molar refractivity (Wildman–Crippen MR) is 99.2 cm³/mol. The van der Waals surface area contributed by atoms with E-state index in [1.165, 1.54) is 6.92 Å². The zero-order valence-corrected chi connectivity index (χ0v) is 15.0. The Balaban J connectivity index is 2.25. The van der Waals surface area contributed by atoms with Gasteiger partial charge < -0.3 is 14.0 Å². The molecule has 0 saturated carbocycles. The van der Waals surface area contributed by atoms with E-state index in [0.29, 0.717) is 24.5 Å². The van der Waals surface area contributed by atoms with Crippen molar-refractivity contribution in [1.82, 2.24) is 4.57 Å². The molecule has 0 amide bonds. The summed E-state index contributed by atoms with van der Waals surface area (Å²) in [6, 6.07) is 8.81. The summed E-state index contributed by atoms with van der Waals surface area (Å²) in [7, 11) is 1.58. The van der Waals surface area contributed by atoms with Gasteiger partial charge >= 0.3 is 0 Å². The van der Waals surface area contributed by atoms with Crippen LogP contribution in [-0.2, 0) is 4.79 Å². The van der Waals surface area contributed by atoms with Crippen LogP contribution in [-0.4, -0.2) is 24.1 Å². The Kier molecular flexibility index (Phi) is 6.17. The van der Waals surface area contributed by atoms with Crippen molar-refractivity contribution in [3.63, 3.8) is 0 Å². The van der Waals surface area contributed by atoms with E-state index in [0.717, 1.165) is 17.0 Å². The number of benzene rings is 1. The summed E-state index contributed by atoms with van der Waals surface area (Å²) >= 11 is 0. The van der Waals surface area contributed by atoms with E-state index < -0.39 is 0 Å². The van der Waals surface area contributed by atoms with Crippen molar-refractivity contribution < 1.29 is 14.3 Å². The number of pyridine rings is 1. The maximum absolute atomic E-state index is 11.5. The molecule has 0 aliphatic rings. The van der Waals surface area contributed by atoms with Crippen molar-refractivity contribution in [1.29, 1.82) is 0 Å². The maximum Gasteiger partial charge on any atom is 0.182 e. The number of aryl methyl sites for hydroxylation is 2. The fraction of sp³-hybridized carbons (Fsp3) is 0.300. The molecule has 1 aromatic carbocycles. The first-order valence-corrected chi connectivity index (χ1v) is 8.09. The molecule has 132 valence electrons. The summed E-state index contributed by atoms with van der Waals surface area (Å²) in [6.45, 7) is 5.64. The first kappa shape index (κ1) is 18.5. The van der Waals surface area contributed by atoms with E-state index in [9.17, 15) is 9.59 Å². The number of ketones is 1. The number of nitrogens with zero attached hydrogens (tertiary/aromatic N) is 1. The van der Waals surface area contributed by atoms with Gasteiger partial charge in [0, 0.05) is 36.1 Å². The molecule has 1 heterocycles. The van der Waals surface area contributed by atoms with E-state index in [-0.39, 0.29) is 11.2 Å². The summed E-state index contributed by atoms with van der Waals surface area (Å²) in [5.41, 5.74) is 2.67. The molecule has 0 fully saturated rings. The van der Waals surface area contributed by atoms with E-state index >= 15 is 0 Å². The standard InChI is InChI=1S/C20H23NO4/c1-14-11-18(23)12-15(2)21(14)9-7-17-5-6-19(24-4)20(13-17)25-10-8-16(3)22/h5-7,9,11-13H,8,10H2,1-4H3/b9-7+. The summed E-state index contributed by atoms with van der Waals surface area (Å²) < 4.78 is 12.9. The Morgan fingerprint density at radius 2 is 1.80 bits per heavy atom. The van der Waals surface area contributed by atoms with Gasteiger partial charge in [0.1, 0.15) is 5.78 Å². The monoisotopic (exact) mass is 341 g/mol. The molecule has 1 aromatic heterocycles. The van der Waals surface area contributed by atoms with Crippen LogP contribution in [0.15, 0.2) is 35.1 Å². The molecular weight excluding hydrogens is 318 g/mol. The molecule has 0 atom stereocenters. The minimum atomic E-state index is 0.00487. The Morgan fingerprint density at radius 3 is 2.40 bits per heavy atom. The zero-order chi connectivity index (χ0) is 18.4. The Hall–Kier alpha value is -2.82. The average molecular weight is 341 g/mol. The highest BCUT2D eigenvalue weighted by molar-refractivity contribution is 5.75. The topological polar surface area (TPSA) is 57.5 Å². The molecule has 0 N–H and O–H groups in total. The van der Waals surface area contributed by atoms with Crippen LogP contribution >= 0.6 is 0 Å². The smallest absolute Gasteiger partial charge is 0.182 e. The molecule has 2 rings (SSSR count). The highest BCUT2D eigenvalue weighted by atomic mass is 16.5. The van der Waals surface area contributed by atoms with Gasteiger partial charge in [-0.3, -0.25) is 9.59 Å². The van der Waals surface area contributed by atoms with Crippen molar-refractivity contribution in [2.24, 2.45) is 0 Å². The number of rotatable bonds is 7. The number of carbonyl (C=O) groups is 1. The Morgan fingerprint density at radius 1 is 1.12 bits per heavy atom. The number of methoxy groups -OCH3 is 1. The predicted octanol–water partition coefficient (Wildman–Crippen LogP) is 3.46. The van der Waals surface area contributed by atoms with Gasteiger partial charge in [-0.05, 0) is 44.5 Å². The van der Waals surface area contributed by atoms with Gasteiger partial charge in [-0.2, -0.15) is 0 Å². The van der Waals surface area contributed by atoms with Crippen LogP contribution in [0.5, 0.6) is 11.5 Å². The summed E-state index contributed by atoms with van der Waals surface area (Å²) in [5, 5.41) is 0. The fourth-order valence-electron chi connectivity index (χ4n) is 2.48. The van der Waals surface area contributed by atoms with Crippen molar-refractivity contribution >= 4 is 18.1 Å². The molecule has 5 nitrogen and oxygen atoms in total. The Bertz CT molecular complexity index is 823. The largest absolute Gasteiger partial charge is 0.493 e. The van der Waals surface area contributed by atoms with Crippen molar-refractivity contribution in [3.05, 3.63) is 57.5 Å². The quantitative estimate of drug-likeness (QED) is 0.774. The second-order valence-electron chi connectivity index (χ2n) is 5.87. The van der Waals surface area contributed by atoms with E-state index in [1.54, 1.807) is 19.2 Å². The van der Waals surface area contributed by atoms with E-state index in [4.69, 9.17) is 9.47 Å². The lowest BCUT2D eigenvalue weighted by Gasteiger charge is -2.11. The van der Waals surface area contributed by atoms with Crippen LogP contribution in [0.25, 0.3) is 12.3 Å².